The fourth-order valence-electron chi connectivity index (χ4n) is 10.2. The lowest BCUT2D eigenvalue weighted by Crippen LogP contribution is -2.76. The molecule has 382 valence electrons. The molecule has 11 aromatic carbocycles. The van der Waals surface area contributed by atoms with E-state index in [9.17, 15) is 39.8 Å². The Balaban J connectivity index is 1.14. The van der Waals surface area contributed by atoms with Crippen LogP contribution >= 0.6 is 0 Å². The highest BCUT2D eigenvalue weighted by molar-refractivity contribution is 7.21. The van der Waals surface area contributed by atoms with Gasteiger partial charge in [0.05, 0.1) is 94.8 Å². The van der Waals surface area contributed by atoms with Crippen LogP contribution in [0.25, 0.3) is 129 Å². The van der Waals surface area contributed by atoms with Gasteiger partial charge in [-0.15, -0.1) is 0 Å². The number of benzene rings is 11. The van der Waals surface area contributed by atoms with Gasteiger partial charge < -0.3 is 4.57 Å². The third-order valence-corrected chi connectivity index (χ3v) is 17.7. The molecule has 0 saturated carbocycles. The molecule has 0 bridgehead atoms. The Labute approximate surface area is 534 Å². The Morgan fingerprint density at radius 1 is 0.268 bits per heavy atom. The molecule has 0 spiro atoms. The quantitative estimate of drug-likeness (QED) is 0.141. The monoisotopic (exact) mass is 1110 g/mol. The first kappa shape index (κ1) is 20.0. The summed E-state index contributed by atoms with van der Waals surface area (Å²) in [4.78, 5) is 27.1. The van der Waals surface area contributed by atoms with Crippen LogP contribution in [-0.2, 0) is 0 Å². The Morgan fingerprint density at radius 3 is 1.06 bits per heavy atom. The highest BCUT2D eigenvalue weighted by atomic mass is 28.3. The predicted molar refractivity (Wildman–Crippen MR) is 335 cm³/mol. The van der Waals surface area contributed by atoms with E-state index in [1.165, 1.54) is 0 Å². The number of fused-ring (bicyclic) bond motifs is 11. The molecule has 0 amide bonds. The molecule has 5 aromatic heterocycles. The zero-order valence-electron chi connectivity index (χ0n) is 85.5. The highest BCUT2D eigenvalue weighted by Gasteiger charge is 2.48. The van der Waals surface area contributed by atoms with Crippen molar-refractivity contribution in [3.8, 4) is 63.1 Å². The molecule has 17 rings (SSSR count). The summed E-state index contributed by atoms with van der Waals surface area (Å²) < 4.78 is 429. The smallest absolute Gasteiger partial charge is 0.238 e. The lowest BCUT2D eigenvalue weighted by molar-refractivity contribution is 0.953. The van der Waals surface area contributed by atoms with Crippen LogP contribution in [0.5, 0.6) is 0 Å². The highest BCUT2D eigenvalue weighted by Crippen LogP contribution is 2.38. The molecule has 6 heterocycles. The maximum Gasteiger partial charge on any atom is 0.238 e. The van der Waals surface area contributed by atoms with Crippen LogP contribution < -0.4 is 20.7 Å². The van der Waals surface area contributed by atoms with Crippen LogP contribution in [0.1, 0.15) is 61.7 Å². The molecule has 9 nitrogen and oxygen atoms in total. The van der Waals surface area contributed by atoms with Crippen molar-refractivity contribution >= 4 is 94.2 Å². The molecule has 0 saturated heterocycles. The summed E-state index contributed by atoms with van der Waals surface area (Å²) >= 11 is 0. The third kappa shape index (κ3) is 6.79. The second-order valence-electron chi connectivity index (χ2n) is 17.6. The van der Waals surface area contributed by atoms with Gasteiger partial charge in [-0.1, -0.05) is 236 Å². The molecule has 10 heteroatoms. The minimum atomic E-state index is -7.04. The average Bonchev–Trinajstić information content (AvgIpc) is 1.61. The van der Waals surface area contributed by atoms with Crippen LogP contribution in [0.15, 0.2) is 272 Å². The van der Waals surface area contributed by atoms with Crippen molar-refractivity contribution in [2.24, 2.45) is 0 Å². The summed E-state index contributed by atoms with van der Waals surface area (Å²) in [6.07, 6.45) is 0. The van der Waals surface area contributed by atoms with Gasteiger partial charge in [-0.05, 0) is 57.0 Å². The lowest BCUT2D eigenvalue weighted by Gasteiger charge is -2.40. The maximum absolute atomic E-state index is 11.2. The molecule has 0 fully saturated rings. The summed E-state index contributed by atoms with van der Waals surface area (Å²) in [6.45, 7) is 0. The normalized spacial score (nSPS) is 20.4. The standard InChI is InChI=1S/C72H45N9Si/c1-3-22-46(23-4-1)67-73-69(77-71(75-67)80-59-37-13-7-30-52(59)53-31-8-14-38-60(53)80)48-26-19-28-50(44-48)82(64-42-18-17-41-63(64)79-58-36-12-11-34-56(58)57-35-21-43-65(82)66(57)79)51-29-20-27-49(45-51)70-74-68(47-24-5-2-6-25-47)76-72(78-70)81-61-39-15-9-32-54(61)55-33-10-16-40-62(55)81/h1-45H/i1D,2D,3D,4D,5D,6D,7D,8D,9D,10D,11D,12D,13D,14D,15D,16D,17D,18D,19D,20D,21D,22D,23D,24D,25D,26D,27D,28D,29D,30D,31D,32D,33D,34D,35D,36D,37D,38D,39D,40D,41D,42D,43D,44D,45D. The van der Waals surface area contributed by atoms with Gasteiger partial charge in [-0.3, -0.25) is 9.13 Å². The molecular weight excluding hydrogens is 1020 g/mol. The van der Waals surface area contributed by atoms with E-state index in [-0.39, 0.29) is 0 Å². The first-order valence-electron chi connectivity index (χ1n) is 46.4. The van der Waals surface area contributed by atoms with Gasteiger partial charge in [0, 0.05) is 60.3 Å². The summed E-state index contributed by atoms with van der Waals surface area (Å²) in [7, 11) is -7.04. The second-order valence-corrected chi connectivity index (χ2v) is 21.1. The molecule has 0 atom stereocenters. The van der Waals surface area contributed by atoms with E-state index < -0.39 is 429 Å². The van der Waals surface area contributed by atoms with E-state index in [1.54, 1.807) is 0 Å². The van der Waals surface area contributed by atoms with Crippen molar-refractivity contribution in [2.45, 2.75) is 0 Å². The van der Waals surface area contributed by atoms with E-state index >= 15 is 0 Å². The molecule has 0 N–H and O–H groups in total. The van der Waals surface area contributed by atoms with Crippen LogP contribution in [0.2, 0.25) is 0 Å². The minimum absolute atomic E-state index is 0.599. The van der Waals surface area contributed by atoms with Crippen LogP contribution in [0, 0.1) is 0 Å². The fraction of sp³-hybridized carbons (Fsp3) is 0. The molecule has 0 unspecified atom stereocenters. The average molecular weight is 1110 g/mol. The third-order valence-electron chi connectivity index (χ3n) is 13.5. The van der Waals surface area contributed by atoms with Gasteiger partial charge >= 0.3 is 0 Å². The van der Waals surface area contributed by atoms with Crippen molar-refractivity contribution in [3.63, 3.8) is 0 Å². The predicted octanol–water partition coefficient (Wildman–Crippen LogP) is 13.7. The van der Waals surface area contributed by atoms with Crippen molar-refractivity contribution < 1.29 is 61.7 Å². The van der Waals surface area contributed by atoms with Crippen LogP contribution in [0.4, 0.5) is 0 Å². The van der Waals surface area contributed by atoms with E-state index in [0.717, 1.165) is 4.57 Å². The number of hydrogen-bond acceptors (Lipinski definition) is 6. The van der Waals surface area contributed by atoms with Crippen molar-refractivity contribution in [1.82, 2.24) is 43.6 Å². The van der Waals surface area contributed by atoms with E-state index in [2.05, 4.69) is 29.9 Å². The second kappa shape index (κ2) is 18.0. The first-order valence-corrected chi connectivity index (χ1v) is 25.9. The zero-order valence-corrected chi connectivity index (χ0v) is 41.5. The molecule has 82 heavy (non-hydrogen) atoms. The number of rotatable bonds is 8. The van der Waals surface area contributed by atoms with Crippen molar-refractivity contribution in [1.29, 1.82) is 0 Å². The molecular formula is C72H45N9Si. The van der Waals surface area contributed by atoms with Crippen LogP contribution in [0.3, 0.4) is 0 Å². The Kier molecular flexibility index (Phi) is 4.40. The number of aromatic nitrogens is 9. The summed E-state index contributed by atoms with van der Waals surface area (Å²) in [5.41, 5.74) is -10.6. The van der Waals surface area contributed by atoms with E-state index in [1.807, 2.05) is 0 Å². The molecule has 0 aliphatic carbocycles. The largest absolute Gasteiger partial charge is 0.309 e. The van der Waals surface area contributed by atoms with Crippen LogP contribution in [-0.4, -0.2) is 51.7 Å². The molecule has 1 aliphatic rings. The van der Waals surface area contributed by atoms with E-state index in [0.29, 0.717) is 9.13 Å². The fourth-order valence-corrected chi connectivity index (χ4v) is 14.4. The number of hydrogen-bond donors (Lipinski definition) is 0. The Bertz CT molecular complexity index is 7480. The van der Waals surface area contributed by atoms with Gasteiger partial charge in [0.1, 0.15) is 0 Å². The zero-order chi connectivity index (χ0) is 93.0. The Hall–Kier alpha value is -10.9. The van der Waals surface area contributed by atoms with Crippen molar-refractivity contribution in [3.05, 3.63) is 272 Å². The molecule has 16 aromatic rings. The maximum atomic E-state index is 11.2. The lowest BCUT2D eigenvalue weighted by atomic mass is 10.1. The molecule has 1 aliphatic heterocycles. The summed E-state index contributed by atoms with van der Waals surface area (Å²) in [5, 5.41) is -9.31. The topological polar surface area (TPSA) is 92.1 Å². The minimum Gasteiger partial charge on any atom is -0.309 e. The Morgan fingerprint density at radius 2 is 0.598 bits per heavy atom. The summed E-state index contributed by atoms with van der Waals surface area (Å²) in [5.74, 6) is -7.23. The van der Waals surface area contributed by atoms with E-state index in [4.69, 9.17) is 21.9 Å². The molecule has 0 radical (unpaired) electrons. The first-order chi connectivity index (χ1) is 59.4. The van der Waals surface area contributed by atoms with Gasteiger partial charge in [0.15, 0.2) is 31.4 Å². The van der Waals surface area contributed by atoms with Gasteiger partial charge in [0.25, 0.3) is 0 Å². The van der Waals surface area contributed by atoms with Gasteiger partial charge in [0.2, 0.25) is 11.9 Å². The van der Waals surface area contributed by atoms with Crippen molar-refractivity contribution in [2.75, 3.05) is 0 Å². The number of para-hydroxylation sites is 7. The summed E-state index contributed by atoms with van der Waals surface area (Å²) in [6, 6.07) is -52.7. The SMILES string of the molecule is [2H]c1c([2H])c([2H])c(-c2nc(-c3c([2H])c([2H])c([2H])c([Si]4(c5c([2H])c([2H])c([2H])c(-c6nc(-c7c([2H])c([2H])c([2H])c([2H])c7[2H])nc(-n7c8c([2H])c([2H])c([2H])c([2H])c8c8c([2H])c([2H])c([2H])c([2H])c87)n6)c5[2H])c5c([2H])c([2H])c([2H])c([2H])c5-n5c6c([2H])c([2H])c([2H])c([2H])c6c6c([2H])c([2H])c([2H])c4c65)c3[2H])nc(-n3c4c([2H])c([2H])c([2H])c([2H])c4c4c([2H])c([2H])c([2H])c([2H])c43)n2)c([2H])c1[2H]. The number of nitrogens with zero attached hydrogens (tertiary/aromatic N) is 9. The van der Waals surface area contributed by atoms with Gasteiger partial charge in [-0.25, -0.2) is 9.97 Å². The van der Waals surface area contributed by atoms with Gasteiger partial charge in [-0.2, -0.15) is 19.9 Å².